The Morgan fingerprint density at radius 3 is 2.47 bits per heavy atom. The SMILES string of the molecule is CCN(CC)c1ccc(NC(=O)c2ccc(C)c(Oc3ncccc3-c3ccncn3)c2)cc1. The molecular formula is C27H27N5O2. The number of aryl methyl sites for hydroxylation is 1. The quantitative estimate of drug-likeness (QED) is 0.367. The first-order valence-electron chi connectivity index (χ1n) is 11.2. The van der Waals surface area contributed by atoms with Crippen LogP contribution >= 0.6 is 0 Å². The molecule has 0 saturated heterocycles. The van der Waals surface area contributed by atoms with E-state index in [1.807, 2.05) is 49.4 Å². The molecule has 0 radical (unpaired) electrons. The number of anilines is 2. The van der Waals surface area contributed by atoms with Crippen LogP contribution in [0.25, 0.3) is 11.3 Å². The fraction of sp³-hybridized carbons (Fsp3) is 0.185. The summed E-state index contributed by atoms with van der Waals surface area (Å²) >= 11 is 0. The Kier molecular flexibility index (Phi) is 7.13. The van der Waals surface area contributed by atoms with E-state index in [1.54, 1.807) is 30.6 Å². The number of carbonyl (C=O) groups is 1. The third-order valence-corrected chi connectivity index (χ3v) is 5.54. The lowest BCUT2D eigenvalue weighted by Crippen LogP contribution is -2.21. The molecule has 0 bridgehead atoms. The minimum absolute atomic E-state index is 0.211. The van der Waals surface area contributed by atoms with Gasteiger partial charge < -0.3 is 15.0 Å². The van der Waals surface area contributed by atoms with E-state index in [0.29, 0.717) is 22.9 Å². The first-order valence-corrected chi connectivity index (χ1v) is 11.2. The van der Waals surface area contributed by atoms with E-state index in [2.05, 4.69) is 39.0 Å². The molecule has 2 aromatic carbocycles. The third kappa shape index (κ3) is 5.20. The maximum absolute atomic E-state index is 12.9. The summed E-state index contributed by atoms with van der Waals surface area (Å²) in [4.78, 5) is 27.8. The highest BCUT2D eigenvalue weighted by Gasteiger charge is 2.14. The lowest BCUT2D eigenvalue weighted by atomic mass is 10.1. The summed E-state index contributed by atoms with van der Waals surface area (Å²) in [6, 6.07) is 18.7. The fourth-order valence-corrected chi connectivity index (χ4v) is 3.62. The number of nitrogens with zero attached hydrogens (tertiary/aromatic N) is 4. The number of hydrogen-bond acceptors (Lipinski definition) is 6. The largest absolute Gasteiger partial charge is 0.438 e. The molecular weight excluding hydrogens is 426 g/mol. The van der Waals surface area contributed by atoms with Gasteiger partial charge in [0.15, 0.2) is 0 Å². The van der Waals surface area contributed by atoms with Crippen LogP contribution in [0.3, 0.4) is 0 Å². The van der Waals surface area contributed by atoms with Crippen molar-refractivity contribution in [1.29, 1.82) is 0 Å². The number of hydrogen-bond donors (Lipinski definition) is 1. The van der Waals surface area contributed by atoms with Crippen LogP contribution in [0.15, 0.2) is 79.4 Å². The molecule has 1 N–H and O–H groups in total. The van der Waals surface area contributed by atoms with Crippen molar-refractivity contribution in [3.63, 3.8) is 0 Å². The zero-order valence-corrected chi connectivity index (χ0v) is 19.5. The third-order valence-electron chi connectivity index (χ3n) is 5.54. The van der Waals surface area contributed by atoms with Gasteiger partial charge in [0.25, 0.3) is 5.91 Å². The van der Waals surface area contributed by atoms with Crippen molar-refractivity contribution >= 4 is 17.3 Å². The number of carbonyl (C=O) groups excluding carboxylic acids is 1. The second kappa shape index (κ2) is 10.6. The summed E-state index contributed by atoms with van der Waals surface area (Å²) in [5.41, 5.74) is 4.70. The van der Waals surface area contributed by atoms with Crippen molar-refractivity contribution in [2.45, 2.75) is 20.8 Å². The van der Waals surface area contributed by atoms with E-state index in [1.165, 1.54) is 6.33 Å². The van der Waals surface area contributed by atoms with E-state index < -0.39 is 0 Å². The molecule has 172 valence electrons. The summed E-state index contributed by atoms with van der Waals surface area (Å²) in [5, 5.41) is 2.96. The summed E-state index contributed by atoms with van der Waals surface area (Å²) in [6.45, 7) is 8.04. The first-order chi connectivity index (χ1) is 16.6. The summed E-state index contributed by atoms with van der Waals surface area (Å²) in [7, 11) is 0. The number of rotatable bonds is 8. The molecule has 1 amide bonds. The first kappa shape index (κ1) is 22.9. The van der Waals surface area contributed by atoms with Gasteiger partial charge in [0.1, 0.15) is 12.1 Å². The molecule has 34 heavy (non-hydrogen) atoms. The minimum atomic E-state index is -0.211. The molecule has 2 aromatic heterocycles. The van der Waals surface area contributed by atoms with Gasteiger partial charge in [-0.05, 0) is 80.9 Å². The minimum Gasteiger partial charge on any atom is -0.438 e. The Labute approximate surface area is 199 Å². The van der Waals surface area contributed by atoms with Crippen molar-refractivity contribution < 1.29 is 9.53 Å². The average Bonchev–Trinajstić information content (AvgIpc) is 2.88. The highest BCUT2D eigenvalue weighted by atomic mass is 16.5. The maximum atomic E-state index is 12.9. The van der Waals surface area contributed by atoms with E-state index in [9.17, 15) is 4.79 Å². The maximum Gasteiger partial charge on any atom is 0.255 e. The molecule has 7 nitrogen and oxygen atoms in total. The van der Waals surface area contributed by atoms with Crippen molar-refractivity contribution in [3.8, 4) is 22.9 Å². The van der Waals surface area contributed by atoms with Crippen LogP contribution in [-0.2, 0) is 0 Å². The number of nitrogens with one attached hydrogen (secondary N) is 1. The van der Waals surface area contributed by atoms with Crippen molar-refractivity contribution in [3.05, 3.63) is 90.5 Å². The summed E-state index contributed by atoms with van der Waals surface area (Å²) in [6.07, 6.45) is 4.81. The highest BCUT2D eigenvalue weighted by Crippen LogP contribution is 2.32. The summed E-state index contributed by atoms with van der Waals surface area (Å²) < 4.78 is 6.15. The van der Waals surface area contributed by atoms with E-state index in [4.69, 9.17) is 4.74 Å². The van der Waals surface area contributed by atoms with E-state index >= 15 is 0 Å². The molecule has 4 aromatic rings. The Balaban J connectivity index is 1.54. The Morgan fingerprint density at radius 1 is 0.971 bits per heavy atom. The van der Waals surface area contributed by atoms with Crippen molar-refractivity contribution in [1.82, 2.24) is 15.0 Å². The number of amides is 1. The molecule has 0 spiro atoms. The van der Waals surface area contributed by atoms with Crippen molar-refractivity contribution in [2.24, 2.45) is 0 Å². The molecule has 7 heteroatoms. The van der Waals surface area contributed by atoms with Gasteiger partial charge in [0, 0.05) is 42.4 Å². The van der Waals surface area contributed by atoms with Crippen LogP contribution in [0.2, 0.25) is 0 Å². The topological polar surface area (TPSA) is 80.2 Å². The van der Waals surface area contributed by atoms with Gasteiger partial charge in [-0.25, -0.2) is 15.0 Å². The molecule has 0 atom stereocenters. The van der Waals surface area contributed by atoms with Crippen LogP contribution in [0.1, 0.15) is 29.8 Å². The molecule has 0 aliphatic rings. The fourth-order valence-electron chi connectivity index (χ4n) is 3.62. The van der Waals surface area contributed by atoms with E-state index in [0.717, 1.165) is 35.6 Å². The van der Waals surface area contributed by atoms with Gasteiger partial charge in [-0.3, -0.25) is 4.79 Å². The number of benzene rings is 2. The number of aromatic nitrogens is 3. The van der Waals surface area contributed by atoms with Gasteiger partial charge >= 0.3 is 0 Å². The number of ether oxygens (including phenoxy) is 1. The zero-order valence-electron chi connectivity index (χ0n) is 19.5. The second-order valence-electron chi connectivity index (χ2n) is 7.71. The van der Waals surface area contributed by atoms with Gasteiger partial charge in [-0.1, -0.05) is 6.07 Å². The van der Waals surface area contributed by atoms with E-state index in [-0.39, 0.29) is 5.91 Å². The monoisotopic (exact) mass is 453 g/mol. The molecule has 0 aliphatic carbocycles. The normalized spacial score (nSPS) is 10.6. The predicted molar refractivity (Wildman–Crippen MR) is 134 cm³/mol. The lowest BCUT2D eigenvalue weighted by molar-refractivity contribution is 0.102. The standard InChI is InChI=1S/C27H27N5O2/c1-4-32(5-2)22-12-10-21(11-13-22)31-26(33)20-9-8-19(3)25(17-20)34-27-23(7-6-15-29-27)24-14-16-28-18-30-24/h6-18H,4-5H2,1-3H3,(H,31,33). The van der Waals surface area contributed by atoms with Crippen LogP contribution in [-0.4, -0.2) is 33.9 Å². The highest BCUT2D eigenvalue weighted by molar-refractivity contribution is 6.04. The molecule has 0 aliphatic heterocycles. The Bertz CT molecular complexity index is 1260. The molecule has 4 rings (SSSR count). The number of pyridine rings is 1. The van der Waals surface area contributed by atoms with Gasteiger partial charge in [-0.2, -0.15) is 0 Å². The smallest absolute Gasteiger partial charge is 0.255 e. The van der Waals surface area contributed by atoms with Crippen molar-refractivity contribution in [2.75, 3.05) is 23.3 Å². The molecule has 2 heterocycles. The lowest BCUT2D eigenvalue weighted by Gasteiger charge is -2.21. The summed E-state index contributed by atoms with van der Waals surface area (Å²) in [5.74, 6) is 0.755. The van der Waals surface area contributed by atoms with Gasteiger partial charge in [0.05, 0.1) is 11.3 Å². The van der Waals surface area contributed by atoms with Crippen LogP contribution < -0.4 is 15.0 Å². The Morgan fingerprint density at radius 2 is 1.76 bits per heavy atom. The van der Waals surface area contributed by atoms with Crippen LogP contribution in [0.5, 0.6) is 11.6 Å². The second-order valence-corrected chi connectivity index (χ2v) is 7.71. The van der Waals surface area contributed by atoms with Gasteiger partial charge in [-0.15, -0.1) is 0 Å². The molecule has 0 saturated carbocycles. The predicted octanol–water partition coefficient (Wildman–Crippen LogP) is 5.74. The molecule has 0 unspecified atom stereocenters. The molecule has 0 fully saturated rings. The average molecular weight is 454 g/mol. The van der Waals surface area contributed by atoms with Gasteiger partial charge in [0.2, 0.25) is 5.88 Å². The van der Waals surface area contributed by atoms with Crippen LogP contribution in [0.4, 0.5) is 11.4 Å². The van der Waals surface area contributed by atoms with Crippen LogP contribution in [0, 0.1) is 6.92 Å². The Hall–Kier alpha value is -4.26. The zero-order chi connectivity index (χ0) is 23.9.